The van der Waals surface area contributed by atoms with Gasteiger partial charge >= 0.3 is 0 Å². The number of halogens is 2. The van der Waals surface area contributed by atoms with Gasteiger partial charge in [0.2, 0.25) is 15.9 Å². The molecule has 2 aromatic rings. The van der Waals surface area contributed by atoms with Crippen molar-refractivity contribution in [3.05, 3.63) is 75.9 Å². The summed E-state index contributed by atoms with van der Waals surface area (Å²) < 4.78 is 53.9. The van der Waals surface area contributed by atoms with E-state index >= 15 is 0 Å². The van der Waals surface area contributed by atoms with E-state index in [4.69, 9.17) is 0 Å². The number of para-hydroxylation sites is 1. The standard InChI is InChI=1S/C19H17F2N3O5S/c20-15-5-3-6-16(21)19(15)30(28,29)23-12-10-22(11-13-23)18(25)9-8-14-4-1-2-7-17(14)24(26)27/h1-9H,10-13H2/b9-8+. The molecule has 2 aromatic carbocycles. The van der Waals surface area contributed by atoms with E-state index in [9.17, 15) is 32.1 Å². The third kappa shape index (κ3) is 4.36. The molecular formula is C19H17F2N3O5S. The number of rotatable bonds is 5. The van der Waals surface area contributed by atoms with E-state index in [1.807, 2.05) is 0 Å². The molecule has 11 heteroatoms. The maximum Gasteiger partial charge on any atom is 0.276 e. The van der Waals surface area contributed by atoms with E-state index in [1.165, 1.54) is 35.3 Å². The van der Waals surface area contributed by atoms with Crippen LogP contribution in [0.3, 0.4) is 0 Å². The van der Waals surface area contributed by atoms with Crippen LogP contribution >= 0.6 is 0 Å². The first-order valence-electron chi connectivity index (χ1n) is 8.86. The Morgan fingerprint density at radius 3 is 2.20 bits per heavy atom. The van der Waals surface area contributed by atoms with Gasteiger partial charge < -0.3 is 4.90 Å². The van der Waals surface area contributed by atoms with E-state index in [1.54, 1.807) is 6.07 Å². The Hall–Kier alpha value is -3.18. The van der Waals surface area contributed by atoms with Crippen molar-refractivity contribution in [2.45, 2.75) is 4.90 Å². The Morgan fingerprint density at radius 2 is 1.60 bits per heavy atom. The molecule has 1 aliphatic heterocycles. The summed E-state index contributed by atoms with van der Waals surface area (Å²) in [5.74, 6) is -2.82. The van der Waals surface area contributed by atoms with Gasteiger partial charge in [-0.25, -0.2) is 17.2 Å². The predicted octanol–water partition coefficient (Wildman–Crippen LogP) is 2.42. The van der Waals surface area contributed by atoms with Crippen molar-refractivity contribution in [1.29, 1.82) is 0 Å². The summed E-state index contributed by atoms with van der Waals surface area (Å²) >= 11 is 0. The lowest BCUT2D eigenvalue weighted by molar-refractivity contribution is -0.385. The summed E-state index contributed by atoms with van der Waals surface area (Å²) in [5, 5.41) is 11.0. The third-order valence-corrected chi connectivity index (χ3v) is 6.56. The fraction of sp³-hybridized carbons (Fsp3) is 0.211. The minimum Gasteiger partial charge on any atom is -0.337 e. The van der Waals surface area contributed by atoms with Gasteiger partial charge in [0.25, 0.3) is 5.69 Å². The number of carbonyl (C=O) groups is 1. The summed E-state index contributed by atoms with van der Waals surface area (Å²) in [6.07, 6.45) is 2.49. The molecule has 0 saturated carbocycles. The average Bonchev–Trinajstić information content (AvgIpc) is 2.72. The molecular weight excluding hydrogens is 420 g/mol. The van der Waals surface area contributed by atoms with Crippen LogP contribution in [0.4, 0.5) is 14.5 Å². The highest BCUT2D eigenvalue weighted by Crippen LogP contribution is 2.24. The fourth-order valence-electron chi connectivity index (χ4n) is 3.07. The molecule has 1 fully saturated rings. The van der Waals surface area contributed by atoms with Crippen LogP contribution in [0.25, 0.3) is 6.08 Å². The number of nitro benzene ring substituents is 1. The van der Waals surface area contributed by atoms with Crippen molar-refractivity contribution in [1.82, 2.24) is 9.21 Å². The van der Waals surface area contributed by atoms with Crippen molar-refractivity contribution < 1.29 is 26.9 Å². The van der Waals surface area contributed by atoms with Gasteiger partial charge in [0.1, 0.15) is 11.6 Å². The Balaban J connectivity index is 1.68. The summed E-state index contributed by atoms with van der Waals surface area (Å²) in [6.45, 7) is -0.257. The van der Waals surface area contributed by atoms with Crippen LogP contribution in [0.1, 0.15) is 5.56 Å². The van der Waals surface area contributed by atoms with Crippen molar-refractivity contribution >= 4 is 27.7 Å². The summed E-state index contributed by atoms with van der Waals surface area (Å²) in [6, 6.07) is 8.72. The molecule has 0 aromatic heterocycles. The van der Waals surface area contributed by atoms with Crippen LogP contribution in [0.2, 0.25) is 0 Å². The molecule has 8 nitrogen and oxygen atoms in total. The zero-order chi connectivity index (χ0) is 21.9. The topological polar surface area (TPSA) is 101 Å². The zero-order valence-corrected chi connectivity index (χ0v) is 16.4. The van der Waals surface area contributed by atoms with E-state index in [2.05, 4.69) is 0 Å². The van der Waals surface area contributed by atoms with Gasteiger partial charge in [-0.1, -0.05) is 18.2 Å². The van der Waals surface area contributed by atoms with Gasteiger partial charge in [-0.3, -0.25) is 14.9 Å². The number of nitro groups is 1. The van der Waals surface area contributed by atoms with Gasteiger partial charge in [-0.05, 0) is 24.3 Å². The first-order chi connectivity index (χ1) is 14.2. The van der Waals surface area contributed by atoms with Crippen LogP contribution in [0.5, 0.6) is 0 Å². The number of nitrogens with zero attached hydrogens (tertiary/aromatic N) is 3. The molecule has 0 spiro atoms. The predicted molar refractivity (Wildman–Crippen MR) is 104 cm³/mol. The number of hydrogen-bond acceptors (Lipinski definition) is 5. The molecule has 0 radical (unpaired) electrons. The molecule has 1 amide bonds. The van der Waals surface area contributed by atoms with Crippen LogP contribution in [-0.2, 0) is 14.8 Å². The average molecular weight is 437 g/mol. The lowest BCUT2D eigenvalue weighted by Gasteiger charge is -2.33. The summed E-state index contributed by atoms with van der Waals surface area (Å²) in [4.78, 5) is 23.2. The molecule has 0 bridgehead atoms. The van der Waals surface area contributed by atoms with E-state index in [0.717, 1.165) is 22.5 Å². The summed E-state index contributed by atoms with van der Waals surface area (Å²) in [7, 11) is -4.39. The molecule has 158 valence electrons. The van der Waals surface area contributed by atoms with Crippen LogP contribution in [0.15, 0.2) is 53.4 Å². The Kier molecular flexibility index (Phi) is 6.22. The van der Waals surface area contributed by atoms with Crippen molar-refractivity contribution in [3.8, 4) is 0 Å². The molecule has 0 aliphatic carbocycles. The SMILES string of the molecule is O=C(/C=C/c1ccccc1[N+](=O)[O-])N1CCN(S(=O)(=O)c2c(F)cccc2F)CC1. The maximum atomic E-state index is 13.9. The minimum absolute atomic E-state index is 0.00928. The molecule has 0 N–H and O–H groups in total. The minimum atomic E-state index is -4.39. The Morgan fingerprint density at radius 1 is 1.00 bits per heavy atom. The van der Waals surface area contributed by atoms with Gasteiger partial charge in [0, 0.05) is 38.3 Å². The molecule has 0 unspecified atom stereocenters. The molecule has 3 rings (SSSR count). The normalized spacial score (nSPS) is 15.5. The first-order valence-corrected chi connectivity index (χ1v) is 10.3. The van der Waals surface area contributed by atoms with E-state index in [-0.39, 0.29) is 37.4 Å². The van der Waals surface area contributed by atoms with Gasteiger partial charge in [0.05, 0.1) is 10.5 Å². The van der Waals surface area contributed by atoms with Crippen molar-refractivity contribution in [2.75, 3.05) is 26.2 Å². The molecule has 1 saturated heterocycles. The van der Waals surface area contributed by atoms with Crippen LogP contribution in [-0.4, -0.2) is 54.6 Å². The number of carbonyl (C=O) groups excluding carboxylic acids is 1. The van der Waals surface area contributed by atoms with E-state index < -0.39 is 37.4 Å². The summed E-state index contributed by atoms with van der Waals surface area (Å²) in [5.41, 5.74) is 0.108. The molecule has 0 atom stereocenters. The van der Waals surface area contributed by atoms with Gasteiger partial charge in [-0.15, -0.1) is 0 Å². The largest absolute Gasteiger partial charge is 0.337 e. The number of hydrogen-bond donors (Lipinski definition) is 0. The smallest absolute Gasteiger partial charge is 0.276 e. The number of amides is 1. The monoisotopic (exact) mass is 437 g/mol. The lowest BCUT2D eigenvalue weighted by Crippen LogP contribution is -2.50. The number of benzene rings is 2. The highest BCUT2D eigenvalue weighted by atomic mass is 32.2. The number of piperazine rings is 1. The highest BCUT2D eigenvalue weighted by molar-refractivity contribution is 7.89. The van der Waals surface area contributed by atoms with Gasteiger partial charge in [0.15, 0.2) is 4.90 Å². The Labute approximate surface area is 171 Å². The van der Waals surface area contributed by atoms with Crippen molar-refractivity contribution in [2.24, 2.45) is 0 Å². The fourth-order valence-corrected chi connectivity index (χ4v) is 4.60. The molecule has 1 heterocycles. The molecule has 1 aliphatic rings. The van der Waals surface area contributed by atoms with Gasteiger partial charge in [-0.2, -0.15) is 4.31 Å². The lowest BCUT2D eigenvalue weighted by atomic mass is 10.1. The Bertz CT molecular complexity index is 1090. The zero-order valence-electron chi connectivity index (χ0n) is 15.6. The second kappa shape index (κ2) is 8.67. The second-order valence-corrected chi connectivity index (χ2v) is 8.30. The van der Waals surface area contributed by atoms with Crippen LogP contribution in [0, 0.1) is 21.7 Å². The second-order valence-electron chi connectivity index (χ2n) is 6.43. The molecule has 30 heavy (non-hydrogen) atoms. The third-order valence-electron chi connectivity index (χ3n) is 4.61. The van der Waals surface area contributed by atoms with Crippen molar-refractivity contribution in [3.63, 3.8) is 0 Å². The van der Waals surface area contributed by atoms with E-state index in [0.29, 0.717) is 0 Å². The quantitative estimate of drug-likeness (QED) is 0.406. The maximum absolute atomic E-state index is 13.9. The highest BCUT2D eigenvalue weighted by Gasteiger charge is 2.33. The first kappa shape index (κ1) is 21.5. The van der Waals surface area contributed by atoms with Crippen LogP contribution < -0.4 is 0 Å². The number of sulfonamides is 1.